The van der Waals surface area contributed by atoms with Crippen LogP contribution >= 0.6 is 0 Å². The lowest BCUT2D eigenvalue weighted by molar-refractivity contribution is -0.165. The zero-order chi connectivity index (χ0) is 26.7. The summed E-state index contributed by atoms with van der Waals surface area (Å²) in [6, 6.07) is 15.9. The predicted octanol–water partition coefficient (Wildman–Crippen LogP) is 2.08. The van der Waals surface area contributed by atoms with Crippen LogP contribution in [0.4, 0.5) is 0 Å². The standard InChI is InChI=1S/C21H24N2O3.C4H6O6/c1-16-7-9-20(26-16)15-23(14-18-6-4-5-11-22-18)13-17-8-10-19(24-2)12-21(17)25-3;5-1(3(7)8)2(6)4(9)10/h4-12H,13-15H2,1-3H3;1-2,5-6H,(H,7,8)(H,9,10). The van der Waals surface area contributed by atoms with E-state index in [9.17, 15) is 9.59 Å². The maximum Gasteiger partial charge on any atom is 0.335 e. The second-order valence-corrected chi connectivity index (χ2v) is 7.72. The first kappa shape index (κ1) is 28.3. The lowest BCUT2D eigenvalue weighted by atomic mass is 10.1. The van der Waals surface area contributed by atoms with E-state index in [0.717, 1.165) is 40.8 Å². The van der Waals surface area contributed by atoms with E-state index in [0.29, 0.717) is 13.1 Å². The number of pyridine rings is 1. The monoisotopic (exact) mass is 502 g/mol. The van der Waals surface area contributed by atoms with Gasteiger partial charge >= 0.3 is 11.9 Å². The van der Waals surface area contributed by atoms with Crippen molar-refractivity contribution < 1.29 is 43.9 Å². The average molecular weight is 503 g/mol. The van der Waals surface area contributed by atoms with Gasteiger partial charge in [0.25, 0.3) is 0 Å². The Balaban J connectivity index is 0.000000388. The van der Waals surface area contributed by atoms with E-state index >= 15 is 0 Å². The number of furan rings is 1. The number of carboxylic acid groups (broad SMARTS) is 2. The molecule has 3 aromatic rings. The number of benzene rings is 1. The van der Waals surface area contributed by atoms with Crippen molar-refractivity contribution in [1.82, 2.24) is 9.88 Å². The highest BCUT2D eigenvalue weighted by molar-refractivity contribution is 5.83. The van der Waals surface area contributed by atoms with Gasteiger partial charge in [0.2, 0.25) is 0 Å². The van der Waals surface area contributed by atoms with Gasteiger partial charge in [-0.15, -0.1) is 0 Å². The number of carbonyl (C=O) groups is 2. The van der Waals surface area contributed by atoms with E-state index in [1.807, 2.05) is 61.7 Å². The fourth-order valence-corrected chi connectivity index (χ4v) is 3.17. The highest BCUT2D eigenvalue weighted by atomic mass is 16.5. The first-order chi connectivity index (χ1) is 17.1. The van der Waals surface area contributed by atoms with E-state index < -0.39 is 24.1 Å². The molecule has 0 aliphatic heterocycles. The fraction of sp³-hybridized carbons (Fsp3) is 0.320. The van der Waals surface area contributed by atoms with Gasteiger partial charge in [0.15, 0.2) is 12.2 Å². The van der Waals surface area contributed by atoms with Gasteiger partial charge in [-0.3, -0.25) is 9.88 Å². The summed E-state index contributed by atoms with van der Waals surface area (Å²) in [5, 5.41) is 32.5. The molecule has 1 aromatic carbocycles. The molecular weight excluding hydrogens is 472 g/mol. The lowest BCUT2D eigenvalue weighted by Crippen LogP contribution is -2.39. The van der Waals surface area contributed by atoms with Gasteiger partial charge in [0, 0.05) is 30.9 Å². The van der Waals surface area contributed by atoms with Crippen molar-refractivity contribution in [2.45, 2.75) is 38.8 Å². The molecule has 0 amide bonds. The molecule has 2 unspecified atom stereocenters. The average Bonchev–Trinajstić information content (AvgIpc) is 3.28. The molecule has 0 spiro atoms. The van der Waals surface area contributed by atoms with E-state index in [1.165, 1.54) is 0 Å². The van der Waals surface area contributed by atoms with Gasteiger partial charge in [0.1, 0.15) is 23.0 Å². The maximum absolute atomic E-state index is 9.77. The number of hydrogen-bond acceptors (Lipinski definition) is 9. The van der Waals surface area contributed by atoms with Crippen LogP contribution in [-0.4, -0.2) is 68.7 Å². The molecule has 3 rings (SSSR count). The van der Waals surface area contributed by atoms with Crippen molar-refractivity contribution in [2.75, 3.05) is 14.2 Å². The zero-order valence-electron chi connectivity index (χ0n) is 20.2. The SMILES string of the molecule is COc1ccc(CN(Cc2ccccn2)Cc2ccc(C)o2)c(OC)c1.O=C(O)C(O)C(O)C(=O)O. The molecule has 2 heterocycles. The van der Waals surface area contributed by atoms with Crippen molar-refractivity contribution >= 4 is 11.9 Å². The lowest BCUT2D eigenvalue weighted by Gasteiger charge is -2.22. The molecule has 0 aliphatic carbocycles. The van der Waals surface area contributed by atoms with Crippen LogP contribution in [0.15, 0.2) is 59.1 Å². The number of aryl methyl sites for hydroxylation is 1. The van der Waals surface area contributed by atoms with Crippen molar-refractivity contribution in [3.63, 3.8) is 0 Å². The molecule has 2 atom stereocenters. The van der Waals surface area contributed by atoms with E-state index in [-0.39, 0.29) is 0 Å². The Morgan fingerprint density at radius 1 is 0.944 bits per heavy atom. The van der Waals surface area contributed by atoms with Gasteiger partial charge in [-0.1, -0.05) is 12.1 Å². The second kappa shape index (κ2) is 13.8. The molecule has 0 aliphatic rings. The Bertz CT molecular complexity index is 1100. The van der Waals surface area contributed by atoms with Crippen molar-refractivity contribution in [2.24, 2.45) is 0 Å². The van der Waals surface area contributed by atoms with Crippen molar-refractivity contribution in [1.29, 1.82) is 0 Å². The summed E-state index contributed by atoms with van der Waals surface area (Å²) in [4.78, 5) is 26.3. The van der Waals surface area contributed by atoms with Crippen molar-refractivity contribution in [3.05, 3.63) is 77.5 Å². The second-order valence-electron chi connectivity index (χ2n) is 7.72. The number of aliphatic hydroxyl groups excluding tert-OH is 2. The van der Waals surface area contributed by atoms with Gasteiger partial charge < -0.3 is 34.3 Å². The highest BCUT2D eigenvalue weighted by Gasteiger charge is 2.29. The minimum atomic E-state index is -2.27. The molecule has 0 radical (unpaired) electrons. The Labute approximate surface area is 208 Å². The molecular formula is C25H30N2O9. The number of aliphatic carboxylic acids is 2. The Hall–Kier alpha value is -3.93. The summed E-state index contributed by atoms with van der Waals surface area (Å²) in [7, 11) is 3.33. The summed E-state index contributed by atoms with van der Waals surface area (Å²) in [6.45, 7) is 4.08. The first-order valence-electron chi connectivity index (χ1n) is 10.8. The van der Waals surface area contributed by atoms with E-state index in [1.54, 1.807) is 14.2 Å². The number of aliphatic hydroxyl groups is 2. The van der Waals surface area contributed by atoms with Gasteiger partial charge in [-0.2, -0.15) is 0 Å². The summed E-state index contributed by atoms with van der Waals surface area (Å²) in [5.41, 5.74) is 2.11. The molecule has 11 heteroatoms. The molecule has 11 nitrogen and oxygen atoms in total. The zero-order valence-corrected chi connectivity index (χ0v) is 20.2. The van der Waals surface area contributed by atoms with Crippen LogP contribution in [0.25, 0.3) is 0 Å². The summed E-state index contributed by atoms with van der Waals surface area (Å²) >= 11 is 0. The topological polar surface area (TPSA) is 163 Å². The molecule has 36 heavy (non-hydrogen) atoms. The van der Waals surface area contributed by atoms with Crippen LogP contribution in [0, 0.1) is 6.92 Å². The summed E-state index contributed by atoms with van der Waals surface area (Å²) in [5.74, 6) is -0.0925. The van der Waals surface area contributed by atoms with Crippen LogP contribution in [-0.2, 0) is 29.2 Å². The van der Waals surface area contributed by atoms with E-state index in [2.05, 4.69) is 9.88 Å². The fourth-order valence-electron chi connectivity index (χ4n) is 3.17. The number of methoxy groups -OCH3 is 2. The molecule has 4 N–H and O–H groups in total. The van der Waals surface area contributed by atoms with Crippen LogP contribution in [0.5, 0.6) is 11.5 Å². The van der Waals surface area contributed by atoms with Crippen LogP contribution < -0.4 is 9.47 Å². The molecule has 194 valence electrons. The predicted molar refractivity (Wildman–Crippen MR) is 127 cm³/mol. The molecule has 0 saturated carbocycles. The molecule has 0 bridgehead atoms. The molecule has 0 fully saturated rings. The van der Waals surface area contributed by atoms with Crippen LogP contribution in [0.3, 0.4) is 0 Å². The van der Waals surface area contributed by atoms with Gasteiger partial charge in [-0.25, -0.2) is 9.59 Å². The summed E-state index contributed by atoms with van der Waals surface area (Å²) < 4.78 is 16.6. The van der Waals surface area contributed by atoms with Gasteiger partial charge in [0.05, 0.1) is 26.5 Å². The smallest absolute Gasteiger partial charge is 0.335 e. The van der Waals surface area contributed by atoms with Crippen molar-refractivity contribution in [3.8, 4) is 11.5 Å². The van der Waals surface area contributed by atoms with Gasteiger partial charge in [-0.05, 0) is 37.3 Å². The third kappa shape index (κ3) is 8.69. The highest BCUT2D eigenvalue weighted by Crippen LogP contribution is 2.27. The number of aromatic nitrogens is 1. The maximum atomic E-state index is 9.77. The minimum Gasteiger partial charge on any atom is -0.497 e. The number of carboxylic acids is 2. The van der Waals surface area contributed by atoms with Crippen LogP contribution in [0.2, 0.25) is 0 Å². The normalized spacial score (nSPS) is 12.3. The Kier molecular flexibility index (Phi) is 10.9. The third-order valence-electron chi connectivity index (χ3n) is 4.98. The summed E-state index contributed by atoms with van der Waals surface area (Å²) in [6.07, 6.45) is -2.71. The number of rotatable bonds is 11. The Morgan fingerprint density at radius 2 is 1.64 bits per heavy atom. The largest absolute Gasteiger partial charge is 0.497 e. The quantitative estimate of drug-likeness (QED) is 0.304. The first-order valence-corrected chi connectivity index (χ1v) is 10.8. The minimum absolute atomic E-state index is 0.694. The number of hydrogen-bond donors (Lipinski definition) is 4. The number of ether oxygens (including phenoxy) is 2. The third-order valence-corrected chi connectivity index (χ3v) is 4.98. The molecule has 2 aromatic heterocycles. The number of nitrogens with zero attached hydrogens (tertiary/aromatic N) is 2. The van der Waals surface area contributed by atoms with Crippen LogP contribution in [0.1, 0.15) is 22.8 Å². The molecule has 0 saturated heterocycles. The van der Waals surface area contributed by atoms with E-state index in [4.69, 9.17) is 34.3 Å². The Morgan fingerprint density at radius 3 is 2.14 bits per heavy atom.